The minimum absolute atomic E-state index is 0.00279. The summed E-state index contributed by atoms with van der Waals surface area (Å²) >= 11 is 0. The number of esters is 1. The summed E-state index contributed by atoms with van der Waals surface area (Å²) in [4.78, 5) is 11.4. The third-order valence-electron chi connectivity index (χ3n) is 4.43. The Labute approximate surface area is 106 Å². The average Bonchev–Trinajstić information content (AvgIpc) is 2.41. The van der Waals surface area contributed by atoms with E-state index < -0.39 is 8.32 Å². The lowest BCUT2D eigenvalue weighted by Gasteiger charge is -2.37. The molecule has 3 atom stereocenters. The van der Waals surface area contributed by atoms with Crippen molar-refractivity contribution in [2.75, 3.05) is 6.61 Å². The van der Waals surface area contributed by atoms with Gasteiger partial charge in [-0.25, -0.2) is 0 Å². The molecule has 1 heterocycles. The Bertz CT molecular complexity index is 294. The molecule has 0 aromatic heterocycles. The number of carbonyl (C=O) groups excluding carboxylic acids is 1. The summed E-state index contributed by atoms with van der Waals surface area (Å²) < 4.78 is 11.5. The summed E-state index contributed by atoms with van der Waals surface area (Å²) in [7, 11) is -1.74. The van der Waals surface area contributed by atoms with Gasteiger partial charge in [-0.15, -0.1) is 0 Å². The first kappa shape index (κ1) is 14.7. The van der Waals surface area contributed by atoms with E-state index in [9.17, 15) is 4.79 Å². The van der Waals surface area contributed by atoms with Gasteiger partial charge in [-0.3, -0.25) is 4.79 Å². The van der Waals surface area contributed by atoms with Crippen LogP contribution in [0.3, 0.4) is 0 Å². The third kappa shape index (κ3) is 3.10. The van der Waals surface area contributed by atoms with Crippen LogP contribution in [0.1, 0.15) is 34.6 Å². The van der Waals surface area contributed by atoms with E-state index in [1.165, 1.54) is 0 Å². The van der Waals surface area contributed by atoms with Crippen LogP contribution in [0.2, 0.25) is 18.1 Å². The predicted octanol–water partition coefficient (Wildman–Crippen LogP) is 3.21. The van der Waals surface area contributed by atoms with Gasteiger partial charge < -0.3 is 9.16 Å². The Hall–Kier alpha value is -0.353. The normalized spacial score (nSPS) is 30.5. The molecule has 0 spiro atoms. The fourth-order valence-corrected chi connectivity index (χ4v) is 2.61. The number of rotatable bonds is 3. The van der Waals surface area contributed by atoms with Crippen molar-refractivity contribution in [2.24, 2.45) is 11.8 Å². The molecule has 1 fully saturated rings. The molecule has 0 aromatic rings. The highest BCUT2D eigenvalue weighted by molar-refractivity contribution is 6.74. The molecule has 1 saturated heterocycles. The van der Waals surface area contributed by atoms with Crippen molar-refractivity contribution in [3.63, 3.8) is 0 Å². The summed E-state index contributed by atoms with van der Waals surface area (Å²) in [6.07, 6.45) is -0.0633. The van der Waals surface area contributed by atoms with Crippen LogP contribution < -0.4 is 0 Å². The molecule has 100 valence electrons. The van der Waals surface area contributed by atoms with Gasteiger partial charge in [-0.05, 0) is 18.1 Å². The monoisotopic (exact) mass is 258 g/mol. The highest BCUT2D eigenvalue weighted by Crippen LogP contribution is 2.37. The number of cyclic esters (lactones) is 1. The second kappa shape index (κ2) is 4.73. The predicted molar refractivity (Wildman–Crippen MR) is 71.4 cm³/mol. The zero-order valence-corrected chi connectivity index (χ0v) is 13.2. The van der Waals surface area contributed by atoms with Gasteiger partial charge in [0.1, 0.15) is 6.10 Å². The molecular weight excluding hydrogens is 232 g/mol. The summed E-state index contributed by atoms with van der Waals surface area (Å²) in [5.41, 5.74) is 0. The highest BCUT2D eigenvalue weighted by Gasteiger charge is 2.42. The minimum atomic E-state index is -1.74. The molecule has 1 unspecified atom stereocenters. The first-order valence-electron chi connectivity index (χ1n) is 6.41. The van der Waals surface area contributed by atoms with Crippen LogP contribution in [0, 0.1) is 11.8 Å². The Morgan fingerprint density at radius 3 is 2.18 bits per heavy atom. The summed E-state index contributed by atoms with van der Waals surface area (Å²) in [6.45, 7) is 15.6. The fourth-order valence-electron chi connectivity index (χ4n) is 1.59. The Kier molecular flexibility index (Phi) is 4.09. The molecule has 1 aliphatic heterocycles. The lowest BCUT2D eigenvalue weighted by Crippen LogP contribution is -2.43. The summed E-state index contributed by atoms with van der Waals surface area (Å²) in [5.74, 6) is 0.177. The molecular formula is C13H26O3Si. The van der Waals surface area contributed by atoms with Crippen LogP contribution in [-0.2, 0) is 14.0 Å². The second-order valence-corrected chi connectivity index (χ2v) is 11.5. The number of hydrogen-bond donors (Lipinski definition) is 0. The summed E-state index contributed by atoms with van der Waals surface area (Å²) in [5, 5.41) is 0.199. The van der Waals surface area contributed by atoms with E-state index in [1.807, 2.05) is 6.92 Å². The van der Waals surface area contributed by atoms with Crippen LogP contribution in [0.25, 0.3) is 0 Å². The van der Waals surface area contributed by atoms with Crippen molar-refractivity contribution in [1.82, 2.24) is 0 Å². The largest absolute Gasteiger partial charge is 0.459 e. The SMILES string of the molecule is CC1C(=O)O[C@H](CO[Si](C)(C)C(C)(C)C)[C@H]1C. The molecule has 17 heavy (non-hydrogen) atoms. The molecule has 0 radical (unpaired) electrons. The maximum atomic E-state index is 11.4. The van der Waals surface area contributed by atoms with E-state index in [4.69, 9.17) is 9.16 Å². The van der Waals surface area contributed by atoms with E-state index in [2.05, 4.69) is 40.8 Å². The first-order chi connectivity index (χ1) is 7.56. The maximum Gasteiger partial charge on any atom is 0.309 e. The zero-order valence-electron chi connectivity index (χ0n) is 12.2. The van der Waals surface area contributed by atoms with Crippen molar-refractivity contribution in [2.45, 2.75) is 58.9 Å². The Morgan fingerprint density at radius 1 is 1.29 bits per heavy atom. The van der Waals surface area contributed by atoms with E-state index in [1.54, 1.807) is 0 Å². The second-order valence-electron chi connectivity index (χ2n) is 6.69. The Balaban J connectivity index is 2.55. The lowest BCUT2D eigenvalue weighted by molar-refractivity contribution is -0.144. The molecule has 0 bridgehead atoms. The number of carbonyl (C=O) groups is 1. The molecule has 0 aliphatic carbocycles. The molecule has 1 aliphatic rings. The van der Waals surface area contributed by atoms with Crippen LogP contribution in [-0.4, -0.2) is 27.0 Å². The van der Waals surface area contributed by atoms with Gasteiger partial charge in [0.15, 0.2) is 8.32 Å². The highest BCUT2D eigenvalue weighted by atomic mass is 28.4. The van der Waals surface area contributed by atoms with Gasteiger partial charge >= 0.3 is 5.97 Å². The molecule has 1 rings (SSSR count). The van der Waals surface area contributed by atoms with E-state index >= 15 is 0 Å². The molecule has 0 saturated carbocycles. The third-order valence-corrected chi connectivity index (χ3v) is 8.93. The molecule has 4 heteroatoms. The van der Waals surface area contributed by atoms with Crippen molar-refractivity contribution < 1.29 is 14.0 Å². The van der Waals surface area contributed by atoms with Gasteiger partial charge in [0.25, 0.3) is 0 Å². The standard InChI is InChI=1S/C13H26O3Si/c1-9-10(2)12(14)16-11(9)8-15-17(6,7)13(3,4)5/h9-11H,8H2,1-7H3/t9-,10?,11+/m0/s1. The van der Waals surface area contributed by atoms with Crippen molar-refractivity contribution in [3.8, 4) is 0 Å². The Morgan fingerprint density at radius 2 is 1.82 bits per heavy atom. The fraction of sp³-hybridized carbons (Fsp3) is 0.923. The van der Waals surface area contributed by atoms with Crippen LogP contribution in [0.15, 0.2) is 0 Å². The van der Waals surface area contributed by atoms with Crippen LogP contribution >= 0.6 is 0 Å². The van der Waals surface area contributed by atoms with Gasteiger partial charge in [0.2, 0.25) is 0 Å². The van der Waals surface area contributed by atoms with Crippen molar-refractivity contribution in [3.05, 3.63) is 0 Å². The molecule has 0 aromatic carbocycles. The molecule has 0 N–H and O–H groups in total. The number of hydrogen-bond acceptors (Lipinski definition) is 3. The van der Waals surface area contributed by atoms with Gasteiger partial charge in [0, 0.05) is 5.92 Å². The van der Waals surface area contributed by atoms with Crippen LogP contribution in [0.5, 0.6) is 0 Å². The van der Waals surface area contributed by atoms with Gasteiger partial charge in [-0.2, -0.15) is 0 Å². The maximum absolute atomic E-state index is 11.4. The smallest absolute Gasteiger partial charge is 0.309 e. The van der Waals surface area contributed by atoms with E-state index in [-0.39, 0.29) is 28.9 Å². The quantitative estimate of drug-likeness (QED) is 0.576. The topological polar surface area (TPSA) is 35.5 Å². The number of ether oxygens (including phenoxy) is 1. The molecule has 3 nitrogen and oxygen atoms in total. The average molecular weight is 258 g/mol. The van der Waals surface area contributed by atoms with E-state index in [0.29, 0.717) is 6.61 Å². The molecule has 0 amide bonds. The van der Waals surface area contributed by atoms with Gasteiger partial charge in [-0.1, -0.05) is 34.6 Å². The van der Waals surface area contributed by atoms with Crippen LogP contribution in [0.4, 0.5) is 0 Å². The zero-order chi connectivity index (χ0) is 13.4. The van der Waals surface area contributed by atoms with Crippen molar-refractivity contribution >= 4 is 14.3 Å². The summed E-state index contributed by atoms with van der Waals surface area (Å²) in [6, 6.07) is 0. The van der Waals surface area contributed by atoms with Gasteiger partial charge in [0.05, 0.1) is 12.5 Å². The lowest BCUT2D eigenvalue weighted by atomic mass is 9.95. The first-order valence-corrected chi connectivity index (χ1v) is 9.31. The van der Waals surface area contributed by atoms with Crippen molar-refractivity contribution in [1.29, 1.82) is 0 Å². The minimum Gasteiger partial charge on any atom is -0.459 e. The van der Waals surface area contributed by atoms with E-state index in [0.717, 1.165) is 0 Å².